The van der Waals surface area contributed by atoms with Gasteiger partial charge >= 0.3 is 0 Å². The number of hydrogen-bond donors (Lipinski definition) is 0. The van der Waals surface area contributed by atoms with Crippen molar-refractivity contribution in [3.8, 4) is 0 Å². The molecule has 1 atom stereocenters. The highest BCUT2D eigenvalue weighted by Crippen LogP contribution is 2.29. The summed E-state index contributed by atoms with van der Waals surface area (Å²) in [5, 5.41) is 0. The number of para-hydroxylation sites is 1. The summed E-state index contributed by atoms with van der Waals surface area (Å²) < 4.78 is 24.0. The molecule has 0 N–H and O–H groups in total. The van der Waals surface area contributed by atoms with Crippen molar-refractivity contribution in [2.75, 3.05) is 49.1 Å². The fourth-order valence-electron chi connectivity index (χ4n) is 4.96. The second-order valence-electron chi connectivity index (χ2n) is 8.39. The number of piperazine rings is 1. The zero-order chi connectivity index (χ0) is 19.6. The maximum atomic E-state index is 13.2. The summed E-state index contributed by atoms with van der Waals surface area (Å²) in [4.78, 5) is 19.8. The van der Waals surface area contributed by atoms with E-state index >= 15 is 0 Å². The minimum Gasteiger partial charge on any atom is -0.369 e. The van der Waals surface area contributed by atoms with E-state index in [1.165, 1.54) is 5.69 Å². The molecule has 2 saturated heterocycles. The minimum absolute atomic E-state index is 0.119. The highest BCUT2D eigenvalue weighted by molar-refractivity contribution is 7.91. The third-order valence-electron chi connectivity index (χ3n) is 6.46. The molecule has 3 aliphatic rings. The van der Waals surface area contributed by atoms with Crippen molar-refractivity contribution >= 4 is 21.4 Å². The lowest BCUT2D eigenvalue weighted by atomic mass is 10.1. The maximum absolute atomic E-state index is 13.2. The number of amides is 1. The van der Waals surface area contributed by atoms with Crippen LogP contribution in [-0.2, 0) is 14.6 Å². The summed E-state index contributed by atoms with van der Waals surface area (Å²) in [6.07, 6.45) is 4.92. The number of sulfone groups is 1. The molecule has 1 aromatic carbocycles. The van der Waals surface area contributed by atoms with Crippen LogP contribution in [0.4, 0.5) is 5.69 Å². The quantitative estimate of drug-likeness (QED) is 0.747. The van der Waals surface area contributed by atoms with Crippen molar-refractivity contribution in [1.82, 2.24) is 9.80 Å². The van der Waals surface area contributed by atoms with Gasteiger partial charge in [0.15, 0.2) is 9.84 Å². The Balaban J connectivity index is 1.37. The highest BCUT2D eigenvalue weighted by Gasteiger charge is 2.39. The lowest BCUT2D eigenvalue weighted by molar-refractivity contribution is -0.137. The van der Waals surface area contributed by atoms with Gasteiger partial charge in [-0.3, -0.25) is 9.69 Å². The number of carbonyl (C=O) groups is 1. The van der Waals surface area contributed by atoms with Crippen molar-refractivity contribution < 1.29 is 13.2 Å². The molecule has 2 heterocycles. The Morgan fingerprint density at radius 3 is 2.25 bits per heavy atom. The summed E-state index contributed by atoms with van der Waals surface area (Å²) in [5.41, 5.74) is 1.23. The average Bonchev–Trinajstić information content (AvgIpc) is 3.33. The normalized spacial score (nSPS) is 25.9. The van der Waals surface area contributed by atoms with Crippen LogP contribution in [0.15, 0.2) is 30.3 Å². The van der Waals surface area contributed by atoms with Crippen LogP contribution >= 0.6 is 0 Å². The fourth-order valence-corrected chi connectivity index (χ4v) is 6.67. The van der Waals surface area contributed by atoms with E-state index in [0.717, 1.165) is 51.9 Å². The number of anilines is 1. The standard InChI is InChI=1S/C21H31N3O3S/c25-21(16-22-11-13-23(14-12-22)18-6-2-1-3-7-18)24(19-8-4-5-9-19)20-10-15-28(26,27)17-20/h1-3,6-7,19-20H,4-5,8-17H2/t20-/m0/s1. The first-order valence-corrected chi connectivity index (χ1v) is 12.4. The number of nitrogens with zero attached hydrogens (tertiary/aromatic N) is 3. The van der Waals surface area contributed by atoms with E-state index in [2.05, 4.69) is 34.1 Å². The number of benzene rings is 1. The van der Waals surface area contributed by atoms with Gasteiger partial charge in [0.1, 0.15) is 0 Å². The molecule has 0 bridgehead atoms. The zero-order valence-corrected chi connectivity index (χ0v) is 17.3. The van der Waals surface area contributed by atoms with Crippen LogP contribution in [0.3, 0.4) is 0 Å². The lowest BCUT2D eigenvalue weighted by Gasteiger charge is -2.39. The molecule has 1 amide bonds. The Hall–Kier alpha value is -1.60. The maximum Gasteiger partial charge on any atom is 0.237 e. The molecule has 3 fully saturated rings. The van der Waals surface area contributed by atoms with E-state index in [0.29, 0.717) is 13.0 Å². The van der Waals surface area contributed by atoms with Crippen LogP contribution in [-0.4, -0.2) is 80.4 Å². The van der Waals surface area contributed by atoms with Gasteiger partial charge in [0.05, 0.1) is 18.1 Å². The van der Waals surface area contributed by atoms with Gasteiger partial charge in [-0.05, 0) is 31.4 Å². The van der Waals surface area contributed by atoms with Crippen LogP contribution < -0.4 is 4.90 Å². The molecule has 0 spiro atoms. The molecule has 154 valence electrons. The molecule has 0 unspecified atom stereocenters. The minimum atomic E-state index is -2.99. The van der Waals surface area contributed by atoms with Crippen molar-refractivity contribution in [3.63, 3.8) is 0 Å². The van der Waals surface area contributed by atoms with Crippen molar-refractivity contribution in [2.24, 2.45) is 0 Å². The Bertz CT molecular complexity index is 769. The van der Waals surface area contributed by atoms with Gasteiger partial charge in [-0.15, -0.1) is 0 Å². The monoisotopic (exact) mass is 405 g/mol. The molecule has 1 saturated carbocycles. The van der Waals surface area contributed by atoms with E-state index < -0.39 is 9.84 Å². The Morgan fingerprint density at radius 2 is 1.64 bits per heavy atom. The van der Waals surface area contributed by atoms with Crippen LogP contribution in [0.5, 0.6) is 0 Å². The fraction of sp³-hybridized carbons (Fsp3) is 0.667. The molecular weight excluding hydrogens is 374 g/mol. The second-order valence-corrected chi connectivity index (χ2v) is 10.6. The first-order chi connectivity index (χ1) is 13.5. The largest absolute Gasteiger partial charge is 0.369 e. The van der Waals surface area contributed by atoms with Crippen molar-refractivity contribution in [2.45, 2.75) is 44.2 Å². The van der Waals surface area contributed by atoms with Gasteiger partial charge < -0.3 is 9.80 Å². The van der Waals surface area contributed by atoms with Gasteiger partial charge in [0, 0.05) is 44.0 Å². The summed E-state index contributed by atoms with van der Waals surface area (Å²) in [7, 11) is -2.99. The first-order valence-electron chi connectivity index (χ1n) is 10.6. The summed E-state index contributed by atoms with van der Waals surface area (Å²) in [5.74, 6) is 0.503. The molecule has 2 aliphatic heterocycles. The van der Waals surface area contributed by atoms with Gasteiger partial charge in [-0.2, -0.15) is 0 Å². The van der Waals surface area contributed by atoms with E-state index in [1.807, 2.05) is 11.0 Å². The molecule has 7 heteroatoms. The van der Waals surface area contributed by atoms with Gasteiger partial charge in [-0.1, -0.05) is 31.0 Å². The summed E-state index contributed by atoms with van der Waals surface area (Å²) in [6, 6.07) is 10.5. The summed E-state index contributed by atoms with van der Waals surface area (Å²) >= 11 is 0. The second kappa shape index (κ2) is 8.41. The SMILES string of the molecule is O=C(CN1CCN(c2ccccc2)CC1)N(C1CCCC1)[C@H]1CCS(=O)(=O)C1. The Labute approximate surface area is 168 Å². The van der Waals surface area contributed by atoms with E-state index in [-0.39, 0.29) is 29.5 Å². The van der Waals surface area contributed by atoms with Gasteiger partial charge in [0.25, 0.3) is 0 Å². The third-order valence-corrected chi connectivity index (χ3v) is 8.21. The van der Waals surface area contributed by atoms with E-state index in [1.54, 1.807) is 0 Å². The van der Waals surface area contributed by atoms with Gasteiger partial charge in [0.2, 0.25) is 5.91 Å². The average molecular weight is 406 g/mol. The Kier molecular flexibility index (Phi) is 5.92. The van der Waals surface area contributed by atoms with Crippen LogP contribution in [0.1, 0.15) is 32.1 Å². The number of carbonyl (C=O) groups excluding carboxylic acids is 1. The van der Waals surface area contributed by atoms with Crippen LogP contribution in [0.25, 0.3) is 0 Å². The lowest BCUT2D eigenvalue weighted by Crippen LogP contribution is -2.54. The van der Waals surface area contributed by atoms with Gasteiger partial charge in [-0.25, -0.2) is 8.42 Å². The van der Waals surface area contributed by atoms with Crippen LogP contribution in [0.2, 0.25) is 0 Å². The Morgan fingerprint density at radius 1 is 0.964 bits per heavy atom. The molecular formula is C21H31N3O3S. The molecule has 1 aliphatic carbocycles. The number of hydrogen-bond acceptors (Lipinski definition) is 5. The highest BCUT2D eigenvalue weighted by atomic mass is 32.2. The predicted octanol–water partition coefficient (Wildman–Crippen LogP) is 1.77. The van der Waals surface area contributed by atoms with E-state index in [9.17, 15) is 13.2 Å². The predicted molar refractivity (Wildman–Crippen MR) is 111 cm³/mol. The number of rotatable bonds is 5. The topological polar surface area (TPSA) is 60.9 Å². The molecule has 1 aromatic rings. The molecule has 6 nitrogen and oxygen atoms in total. The summed E-state index contributed by atoms with van der Waals surface area (Å²) in [6.45, 7) is 3.97. The third kappa shape index (κ3) is 4.51. The van der Waals surface area contributed by atoms with E-state index in [4.69, 9.17) is 0 Å². The smallest absolute Gasteiger partial charge is 0.237 e. The van der Waals surface area contributed by atoms with Crippen molar-refractivity contribution in [1.29, 1.82) is 0 Å². The molecule has 28 heavy (non-hydrogen) atoms. The molecule has 0 aromatic heterocycles. The zero-order valence-electron chi connectivity index (χ0n) is 16.5. The van der Waals surface area contributed by atoms with Crippen LogP contribution in [0, 0.1) is 0 Å². The van der Waals surface area contributed by atoms with Crippen molar-refractivity contribution in [3.05, 3.63) is 30.3 Å². The molecule has 0 radical (unpaired) electrons. The first kappa shape index (κ1) is 19.7. The molecule has 4 rings (SSSR count).